The molecular weight excluding hydrogens is 312 g/mol. The Bertz CT molecular complexity index is 1040. The summed E-state index contributed by atoms with van der Waals surface area (Å²) in [4.78, 5) is 8.84. The Morgan fingerprint density at radius 2 is 1.92 bits per heavy atom. The molecule has 0 aliphatic heterocycles. The van der Waals surface area contributed by atoms with Crippen molar-refractivity contribution in [2.45, 2.75) is 26.8 Å². The van der Waals surface area contributed by atoms with Crippen LogP contribution >= 0.6 is 0 Å². The summed E-state index contributed by atoms with van der Waals surface area (Å²) in [6, 6.07) is 12.1. The first kappa shape index (κ1) is 15.5. The zero-order valence-corrected chi connectivity index (χ0v) is 14.5. The van der Waals surface area contributed by atoms with Crippen molar-refractivity contribution in [2.24, 2.45) is 5.92 Å². The van der Waals surface area contributed by atoms with Crippen LogP contribution in [-0.2, 0) is 0 Å². The summed E-state index contributed by atoms with van der Waals surface area (Å²) < 4.78 is 2.02. The fraction of sp³-hybridized carbons (Fsp3) is 0.263. The van der Waals surface area contributed by atoms with Crippen LogP contribution < -0.4 is 5.32 Å². The van der Waals surface area contributed by atoms with Crippen molar-refractivity contribution >= 4 is 22.4 Å². The van der Waals surface area contributed by atoms with Crippen molar-refractivity contribution in [1.29, 1.82) is 0 Å². The lowest BCUT2D eigenvalue weighted by atomic mass is 10.0. The van der Waals surface area contributed by atoms with Gasteiger partial charge in [-0.1, -0.05) is 31.5 Å². The second kappa shape index (κ2) is 6.12. The number of aryl methyl sites for hydroxylation is 1. The monoisotopic (exact) mass is 332 g/mol. The molecule has 3 heterocycles. The highest BCUT2D eigenvalue weighted by Crippen LogP contribution is 2.28. The van der Waals surface area contributed by atoms with Gasteiger partial charge in [0.25, 0.3) is 0 Å². The molecule has 1 aromatic carbocycles. The number of aromatic nitrogens is 5. The van der Waals surface area contributed by atoms with Gasteiger partial charge < -0.3 is 5.32 Å². The lowest BCUT2D eigenvalue weighted by molar-refractivity contribution is 0.516. The Hall–Kier alpha value is -3.02. The number of pyridine rings is 1. The molecule has 0 aliphatic carbocycles. The van der Waals surface area contributed by atoms with Crippen LogP contribution in [0.4, 0.5) is 5.82 Å². The molecule has 0 aliphatic rings. The lowest BCUT2D eigenvalue weighted by Crippen LogP contribution is -2.20. The Kier molecular flexibility index (Phi) is 3.80. The molecule has 25 heavy (non-hydrogen) atoms. The third-order valence-corrected chi connectivity index (χ3v) is 4.37. The molecule has 0 amide bonds. The first-order chi connectivity index (χ1) is 12.1. The quantitative estimate of drug-likeness (QED) is 0.616. The highest BCUT2D eigenvalue weighted by atomic mass is 15.3. The fourth-order valence-corrected chi connectivity index (χ4v) is 3.03. The van der Waals surface area contributed by atoms with Crippen LogP contribution in [0.2, 0.25) is 0 Å². The van der Waals surface area contributed by atoms with Crippen LogP contribution in [-0.4, -0.2) is 24.6 Å². The van der Waals surface area contributed by atoms with Crippen LogP contribution in [0.15, 0.2) is 48.9 Å². The molecule has 0 saturated carbocycles. The maximum absolute atomic E-state index is 4.48. The molecule has 0 spiro atoms. The largest absolute Gasteiger partial charge is 0.359 e. The zero-order valence-electron chi connectivity index (χ0n) is 14.5. The molecule has 6 nitrogen and oxygen atoms in total. The minimum absolute atomic E-state index is 0.0176. The molecule has 0 bridgehead atoms. The first-order valence-corrected chi connectivity index (χ1v) is 8.41. The summed E-state index contributed by atoms with van der Waals surface area (Å²) in [5.41, 5.74) is 2.95. The molecule has 0 radical (unpaired) electrons. The Balaban J connectivity index is 1.80. The number of fused-ring (bicyclic) bond motifs is 2. The van der Waals surface area contributed by atoms with E-state index in [9.17, 15) is 0 Å². The summed E-state index contributed by atoms with van der Waals surface area (Å²) in [5, 5.41) is 13.3. The van der Waals surface area contributed by atoms with Gasteiger partial charge in [0, 0.05) is 11.6 Å². The zero-order chi connectivity index (χ0) is 17.4. The Labute approximate surface area is 146 Å². The Morgan fingerprint density at radius 1 is 1.04 bits per heavy atom. The van der Waals surface area contributed by atoms with Crippen LogP contribution in [0, 0.1) is 12.8 Å². The van der Waals surface area contributed by atoms with Crippen molar-refractivity contribution in [3.63, 3.8) is 0 Å². The third kappa shape index (κ3) is 2.80. The maximum Gasteiger partial charge on any atom is 0.160 e. The summed E-state index contributed by atoms with van der Waals surface area (Å²) in [6.07, 6.45) is 3.59. The van der Waals surface area contributed by atoms with E-state index in [1.54, 1.807) is 6.33 Å². The van der Waals surface area contributed by atoms with E-state index >= 15 is 0 Å². The second-order valence-electron chi connectivity index (χ2n) is 6.60. The second-order valence-corrected chi connectivity index (χ2v) is 6.60. The van der Waals surface area contributed by atoms with E-state index in [1.807, 2.05) is 34.9 Å². The normalized spacial score (nSPS) is 12.8. The summed E-state index contributed by atoms with van der Waals surface area (Å²) in [5.74, 6) is 2.01. The summed E-state index contributed by atoms with van der Waals surface area (Å²) in [6.45, 7) is 6.40. The SMILES string of the molecule is Cc1ccc2ncnc(NC(c3nnc4ccccn34)C(C)C)c2c1. The van der Waals surface area contributed by atoms with Gasteiger partial charge in [-0.15, -0.1) is 10.2 Å². The molecule has 4 rings (SSSR count). The predicted octanol–water partition coefficient (Wildman–Crippen LogP) is 3.79. The number of benzene rings is 1. The minimum Gasteiger partial charge on any atom is -0.359 e. The number of nitrogens with zero attached hydrogens (tertiary/aromatic N) is 5. The van der Waals surface area contributed by atoms with Gasteiger partial charge in [-0.05, 0) is 37.1 Å². The Morgan fingerprint density at radius 3 is 2.76 bits per heavy atom. The topological polar surface area (TPSA) is 68.0 Å². The van der Waals surface area contributed by atoms with Gasteiger partial charge in [-0.3, -0.25) is 4.40 Å². The molecule has 3 aromatic heterocycles. The molecule has 1 unspecified atom stereocenters. The fourth-order valence-electron chi connectivity index (χ4n) is 3.03. The van der Waals surface area contributed by atoms with Gasteiger partial charge in [0.2, 0.25) is 0 Å². The van der Waals surface area contributed by atoms with E-state index in [2.05, 4.69) is 58.4 Å². The minimum atomic E-state index is -0.0176. The lowest BCUT2D eigenvalue weighted by Gasteiger charge is -2.22. The van der Waals surface area contributed by atoms with Crippen molar-refractivity contribution in [1.82, 2.24) is 24.6 Å². The standard InChI is InChI=1S/C19H20N6/c1-12(2)17(19-24-23-16-6-4-5-9-25(16)19)22-18-14-10-13(3)7-8-15(14)20-11-21-18/h4-12,17H,1-3H3,(H,20,21,22). The number of hydrogen-bond donors (Lipinski definition) is 1. The van der Waals surface area contributed by atoms with Gasteiger partial charge >= 0.3 is 0 Å². The molecule has 4 aromatic rings. The van der Waals surface area contributed by atoms with Crippen LogP contribution in [0.3, 0.4) is 0 Å². The smallest absolute Gasteiger partial charge is 0.160 e. The van der Waals surface area contributed by atoms with Crippen LogP contribution in [0.25, 0.3) is 16.6 Å². The van der Waals surface area contributed by atoms with Gasteiger partial charge in [-0.2, -0.15) is 0 Å². The molecule has 126 valence electrons. The highest BCUT2D eigenvalue weighted by molar-refractivity contribution is 5.89. The van der Waals surface area contributed by atoms with Crippen LogP contribution in [0.1, 0.15) is 31.3 Å². The average molecular weight is 332 g/mol. The van der Waals surface area contributed by atoms with Gasteiger partial charge in [0.1, 0.15) is 12.1 Å². The molecular formula is C19H20N6. The van der Waals surface area contributed by atoms with Gasteiger partial charge in [-0.25, -0.2) is 9.97 Å². The average Bonchev–Trinajstić information content (AvgIpc) is 3.03. The summed E-state index contributed by atoms with van der Waals surface area (Å²) in [7, 11) is 0. The number of anilines is 1. The highest BCUT2D eigenvalue weighted by Gasteiger charge is 2.22. The summed E-state index contributed by atoms with van der Waals surface area (Å²) >= 11 is 0. The van der Waals surface area contributed by atoms with E-state index in [0.717, 1.165) is 28.2 Å². The number of nitrogens with one attached hydrogen (secondary N) is 1. The van der Waals surface area contributed by atoms with E-state index in [0.29, 0.717) is 5.92 Å². The van der Waals surface area contributed by atoms with E-state index < -0.39 is 0 Å². The van der Waals surface area contributed by atoms with Crippen molar-refractivity contribution in [3.05, 3.63) is 60.3 Å². The number of rotatable bonds is 4. The predicted molar refractivity (Wildman–Crippen MR) is 98.5 cm³/mol. The van der Waals surface area contributed by atoms with E-state index in [1.165, 1.54) is 5.56 Å². The van der Waals surface area contributed by atoms with Crippen molar-refractivity contribution in [2.75, 3.05) is 5.32 Å². The van der Waals surface area contributed by atoms with Gasteiger partial charge in [0.05, 0.1) is 11.6 Å². The van der Waals surface area contributed by atoms with Crippen molar-refractivity contribution in [3.8, 4) is 0 Å². The van der Waals surface area contributed by atoms with Crippen LogP contribution in [0.5, 0.6) is 0 Å². The van der Waals surface area contributed by atoms with E-state index in [4.69, 9.17) is 0 Å². The number of hydrogen-bond acceptors (Lipinski definition) is 5. The maximum atomic E-state index is 4.48. The van der Waals surface area contributed by atoms with Crippen molar-refractivity contribution < 1.29 is 0 Å². The molecule has 0 fully saturated rings. The first-order valence-electron chi connectivity index (χ1n) is 8.41. The van der Waals surface area contributed by atoms with Gasteiger partial charge in [0.15, 0.2) is 11.5 Å². The molecule has 1 N–H and O–H groups in total. The molecule has 0 saturated heterocycles. The molecule has 6 heteroatoms. The third-order valence-electron chi connectivity index (χ3n) is 4.37. The van der Waals surface area contributed by atoms with E-state index in [-0.39, 0.29) is 6.04 Å². The molecule has 1 atom stereocenters.